The summed E-state index contributed by atoms with van der Waals surface area (Å²) in [6, 6.07) is 17.3. The van der Waals surface area contributed by atoms with E-state index in [0.717, 1.165) is 30.2 Å². The van der Waals surface area contributed by atoms with Gasteiger partial charge in [-0.15, -0.1) is 6.42 Å². The number of nitrogens with zero attached hydrogens (tertiary/aromatic N) is 5. The summed E-state index contributed by atoms with van der Waals surface area (Å²) in [5.41, 5.74) is 1.52. The van der Waals surface area contributed by atoms with Crippen LogP contribution in [0.1, 0.15) is 31.2 Å². The maximum absolute atomic E-state index is 16.7. The molecule has 3 aliphatic heterocycles. The zero-order valence-corrected chi connectivity index (χ0v) is 23.8. The second-order valence-electron chi connectivity index (χ2n) is 11.8. The number of halogens is 2. The summed E-state index contributed by atoms with van der Waals surface area (Å²) in [5, 5.41) is 15.0. The number of anilines is 1. The van der Waals surface area contributed by atoms with Crippen molar-refractivity contribution in [2.24, 2.45) is 0 Å². The Morgan fingerprint density at radius 1 is 1.09 bits per heavy atom. The van der Waals surface area contributed by atoms with Crippen LogP contribution in [0.5, 0.6) is 6.01 Å². The third-order valence-corrected chi connectivity index (χ3v) is 9.24. The van der Waals surface area contributed by atoms with Gasteiger partial charge in [0.15, 0.2) is 5.82 Å². The molecule has 4 heterocycles. The van der Waals surface area contributed by atoms with Crippen LogP contribution < -0.4 is 15.0 Å². The van der Waals surface area contributed by atoms with Crippen LogP contribution in [0.4, 0.5) is 14.6 Å². The van der Waals surface area contributed by atoms with Gasteiger partial charge in [0.05, 0.1) is 18.0 Å². The summed E-state index contributed by atoms with van der Waals surface area (Å²) in [7, 11) is 0. The second-order valence-corrected chi connectivity index (χ2v) is 11.8. The average molecular weight is 579 g/mol. The van der Waals surface area contributed by atoms with E-state index >= 15 is 4.39 Å². The lowest BCUT2D eigenvalue weighted by Gasteiger charge is -2.34. The molecule has 7 nitrogen and oxygen atoms in total. The van der Waals surface area contributed by atoms with E-state index in [0.29, 0.717) is 66.9 Å². The Bertz CT molecular complexity index is 1790. The molecule has 1 unspecified atom stereocenters. The Labute approximate surface area is 249 Å². The molecule has 7 rings (SSSR count). The zero-order valence-electron chi connectivity index (χ0n) is 23.8. The Morgan fingerprint density at radius 2 is 1.95 bits per heavy atom. The first kappa shape index (κ1) is 27.5. The van der Waals surface area contributed by atoms with Crippen molar-refractivity contribution < 1.29 is 13.5 Å². The Kier molecular flexibility index (Phi) is 7.09. The molecule has 3 fully saturated rings. The predicted octanol–water partition coefficient (Wildman–Crippen LogP) is 5.22. The minimum absolute atomic E-state index is 0.0407. The van der Waals surface area contributed by atoms with Crippen LogP contribution in [0.3, 0.4) is 0 Å². The van der Waals surface area contributed by atoms with Gasteiger partial charge in [0.2, 0.25) is 0 Å². The highest BCUT2D eigenvalue weighted by atomic mass is 19.1. The molecule has 3 aliphatic rings. The number of fused-ring (bicyclic) bond motifs is 3. The fourth-order valence-corrected chi connectivity index (χ4v) is 7.24. The van der Waals surface area contributed by atoms with E-state index in [1.807, 2.05) is 42.5 Å². The third-order valence-electron chi connectivity index (χ3n) is 9.24. The summed E-state index contributed by atoms with van der Waals surface area (Å²) < 4.78 is 37.4. The Morgan fingerprint density at radius 3 is 2.79 bits per heavy atom. The SMILES string of the molecule is C#Cc1cccc2cccc(-c3ccc4c(N5CCNC(CC#N)C5)nc(OC[C@@]56CCCN5C[C@H](F)C6)nc4c3F)c12. The third kappa shape index (κ3) is 4.83. The molecule has 43 heavy (non-hydrogen) atoms. The van der Waals surface area contributed by atoms with Crippen molar-refractivity contribution in [3.05, 3.63) is 59.9 Å². The fourth-order valence-electron chi connectivity index (χ4n) is 7.24. The molecule has 3 saturated heterocycles. The van der Waals surface area contributed by atoms with Crippen LogP contribution in [0, 0.1) is 29.5 Å². The van der Waals surface area contributed by atoms with Crippen LogP contribution in [-0.2, 0) is 0 Å². The molecule has 0 radical (unpaired) electrons. The largest absolute Gasteiger partial charge is 0.461 e. The number of hydrogen-bond acceptors (Lipinski definition) is 7. The monoisotopic (exact) mass is 578 g/mol. The van der Waals surface area contributed by atoms with Gasteiger partial charge in [-0.1, -0.05) is 42.3 Å². The number of aromatic nitrogens is 2. The smallest absolute Gasteiger partial charge is 0.319 e. The highest BCUT2D eigenvalue weighted by molar-refractivity contribution is 6.03. The molecule has 0 saturated carbocycles. The number of nitriles is 1. The quantitative estimate of drug-likeness (QED) is 0.315. The van der Waals surface area contributed by atoms with Gasteiger partial charge in [0, 0.05) is 60.5 Å². The van der Waals surface area contributed by atoms with Crippen molar-refractivity contribution in [2.45, 2.75) is 43.4 Å². The normalized spacial score (nSPS) is 23.8. The van der Waals surface area contributed by atoms with Gasteiger partial charge < -0.3 is 15.0 Å². The molecule has 218 valence electrons. The summed E-state index contributed by atoms with van der Waals surface area (Å²) in [6.45, 7) is 3.34. The number of rotatable bonds is 6. The summed E-state index contributed by atoms with van der Waals surface area (Å²) in [6.07, 6.45) is 7.55. The number of hydrogen-bond donors (Lipinski definition) is 1. The van der Waals surface area contributed by atoms with Crippen molar-refractivity contribution in [1.82, 2.24) is 20.2 Å². The lowest BCUT2D eigenvalue weighted by molar-refractivity contribution is 0.107. The lowest BCUT2D eigenvalue weighted by Crippen LogP contribution is -2.51. The zero-order chi connectivity index (χ0) is 29.6. The number of alkyl halides is 1. The first-order valence-electron chi connectivity index (χ1n) is 14.9. The van der Waals surface area contributed by atoms with E-state index in [9.17, 15) is 9.65 Å². The average Bonchev–Trinajstić information content (AvgIpc) is 3.55. The van der Waals surface area contributed by atoms with Crippen molar-refractivity contribution in [3.8, 4) is 35.6 Å². The van der Waals surface area contributed by atoms with Crippen LogP contribution in [-0.4, -0.2) is 72.0 Å². The molecule has 3 atom stereocenters. The van der Waals surface area contributed by atoms with Gasteiger partial charge in [0.1, 0.15) is 24.1 Å². The van der Waals surface area contributed by atoms with E-state index in [2.05, 4.69) is 32.1 Å². The van der Waals surface area contributed by atoms with Gasteiger partial charge in [0.25, 0.3) is 0 Å². The molecular weight excluding hydrogens is 546 g/mol. The predicted molar refractivity (Wildman–Crippen MR) is 163 cm³/mol. The molecule has 9 heteroatoms. The maximum atomic E-state index is 16.7. The van der Waals surface area contributed by atoms with Crippen molar-refractivity contribution in [2.75, 3.05) is 44.2 Å². The van der Waals surface area contributed by atoms with Gasteiger partial charge in [-0.2, -0.15) is 15.2 Å². The summed E-state index contributed by atoms with van der Waals surface area (Å²) >= 11 is 0. The molecule has 1 aromatic heterocycles. The first-order valence-corrected chi connectivity index (χ1v) is 14.9. The molecule has 0 bridgehead atoms. The highest BCUT2D eigenvalue weighted by Gasteiger charge is 2.49. The number of terminal acetylenes is 1. The molecule has 3 aromatic carbocycles. The number of piperazine rings is 1. The van der Waals surface area contributed by atoms with Gasteiger partial charge in [-0.25, -0.2) is 8.78 Å². The molecule has 0 spiro atoms. The second kappa shape index (κ2) is 11.1. The van der Waals surface area contributed by atoms with E-state index < -0.39 is 12.0 Å². The number of ether oxygens (including phenoxy) is 1. The molecular formula is C34H32F2N6O. The summed E-state index contributed by atoms with van der Waals surface area (Å²) in [4.78, 5) is 13.7. The van der Waals surface area contributed by atoms with Crippen LogP contribution in [0.25, 0.3) is 32.8 Å². The molecule has 1 N–H and O–H groups in total. The topological polar surface area (TPSA) is 77.3 Å². The molecule has 0 amide bonds. The van der Waals surface area contributed by atoms with Crippen molar-refractivity contribution in [3.63, 3.8) is 0 Å². The summed E-state index contributed by atoms with van der Waals surface area (Å²) in [5.74, 6) is 2.82. The first-order chi connectivity index (χ1) is 21.0. The van der Waals surface area contributed by atoms with Crippen LogP contribution in [0.15, 0.2) is 48.5 Å². The fraction of sp³-hybridized carbons (Fsp3) is 0.382. The van der Waals surface area contributed by atoms with Crippen LogP contribution in [0.2, 0.25) is 0 Å². The van der Waals surface area contributed by atoms with Gasteiger partial charge in [-0.3, -0.25) is 4.90 Å². The van der Waals surface area contributed by atoms with Crippen molar-refractivity contribution in [1.29, 1.82) is 5.26 Å². The molecule has 0 aliphatic carbocycles. The number of nitrogens with one attached hydrogen (secondary N) is 1. The van der Waals surface area contributed by atoms with Gasteiger partial charge >= 0.3 is 6.01 Å². The minimum atomic E-state index is -0.886. The lowest BCUT2D eigenvalue weighted by atomic mass is 9.94. The highest BCUT2D eigenvalue weighted by Crippen LogP contribution is 2.41. The standard InChI is InChI=1S/C34H32F2N6O/c1-2-22-6-3-7-23-8-4-9-26(29(22)23)27-10-11-28-31(30(27)36)39-33(40-32(28)41-17-15-38-25(20-41)12-14-37)43-21-34-13-5-16-42(34)19-24(35)18-34/h1,3-4,6-11,24-25,38H,5,12-13,15-21H2/t24-,25?,34+/m1/s1. The number of benzene rings is 3. The van der Waals surface area contributed by atoms with Crippen molar-refractivity contribution >= 4 is 27.5 Å². The Balaban J connectivity index is 1.35. The van der Waals surface area contributed by atoms with E-state index in [-0.39, 0.29) is 29.7 Å². The van der Waals surface area contributed by atoms with E-state index in [1.165, 1.54) is 0 Å². The maximum Gasteiger partial charge on any atom is 0.319 e. The van der Waals surface area contributed by atoms with Crippen LogP contribution >= 0.6 is 0 Å². The van der Waals surface area contributed by atoms with E-state index in [4.69, 9.17) is 16.1 Å². The minimum Gasteiger partial charge on any atom is -0.461 e. The Hall–Kier alpha value is -4.31. The molecule has 4 aromatic rings. The van der Waals surface area contributed by atoms with Gasteiger partial charge in [-0.05, 0) is 42.5 Å². The van der Waals surface area contributed by atoms with E-state index in [1.54, 1.807) is 6.07 Å².